The Kier molecular flexibility index (Phi) is 8.73. The number of carbonyl (C=O) groups is 2. The molecule has 0 saturated carbocycles. The van der Waals surface area contributed by atoms with Crippen LogP contribution >= 0.6 is 0 Å². The van der Waals surface area contributed by atoms with E-state index in [-0.39, 0.29) is 24.5 Å². The number of carbonyl (C=O) groups excluding carboxylic acids is 1. The van der Waals surface area contributed by atoms with Crippen molar-refractivity contribution in [2.24, 2.45) is 5.92 Å². The van der Waals surface area contributed by atoms with Crippen LogP contribution in [0, 0.1) is 5.92 Å². The maximum atomic E-state index is 13.3. The molecule has 0 spiro atoms. The highest BCUT2D eigenvalue weighted by molar-refractivity contribution is 5.94. The standard InChI is InChI=1S/C32H32N6O3/c1-2-8-26-20-29(30(39)18-24(19-31(40)41)17-22-9-4-3-5-10-22)35-38(26)21-23-13-15-25(16-14-23)27-11-6-7-12-28(27)32-33-36-37-34-32/h3-7,9-16,20,24H,2,8,17-19,21H2,1H3,(H,40,41)(H,33,34,36,37)/t24-/m0/s1. The van der Waals surface area contributed by atoms with E-state index >= 15 is 0 Å². The van der Waals surface area contributed by atoms with Crippen LogP contribution in [0.4, 0.5) is 0 Å². The molecule has 2 N–H and O–H groups in total. The van der Waals surface area contributed by atoms with Gasteiger partial charge in [0, 0.05) is 24.1 Å². The molecule has 0 saturated heterocycles. The molecule has 9 nitrogen and oxygen atoms in total. The van der Waals surface area contributed by atoms with E-state index < -0.39 is 5.97 Å². The predicted octanol–water partition coefficient (Wildman–Crippen LogP) is 5.64. The summed E-state index contributed by atoms with van der Waals surface area (Å²) in [6.07, 6.45) is 2.31. The van der Waals surface area contributed by atoms with Gasteiger partial charge in [0.1, 0.15) is 5.69 Å². The molecule has 0 aliphatic carbocycles. The summed E-state index contributed by atoms with van der Waals surface area (Å²) in [6.45, 7) is 2.62. The molecule has 2 aromatic heterocycles. The summed E-state index contributed by atoms with van der Waals surface area (Å²) in [6, 6.07) is 27.7. The van der Waals surface area contributed by atoms with Crippen molar-refractivity contribution < 1.29 is 14.7 Å². The Morgan fingerprint density at radius 2 is 1.63 bits per heavy atom. The zero-order chi connectivity index (χ0) is 28.6. The number of benzene rings is 3. The van der Waals surface area contributed by atoms with Crippen LogP contribution in [0.3, 0.4) is 0 Å². The summed E-state index contributed by atoms with van der Waals surface area (Å²) in [7, 11) is 0. The van der Waals surface area contributed by atoms with Crippen molar-refractivity contribution in [1.29, 1.82) is 0 Å². The number of Topliss-reactive ketones (excluding diaryl/α,β-unsaturated/α-hetero) is 1. The van der Waals surface area contributed by atoms with E-state index in [2.05, 4.69) is 56.9 Å². The topological polar surface area (TPSA) is 127 Å². The number of aliphatic carboxylic acids is 1. The zero-order valence-electron chi connectivity index (χ0n) is 22.9. The number of nitrogens with zero attached hydrogens (tertiary/aromatic N) is 5. The van der Waals surface area contributed by atoms with Crippen molar-refractivity contribution >= 4 is 11.8 Å². The van der Waals surface area contributed by atoms with E-state index in [1.807, 2.05) is 65.3 Å². The molecule has 0 radical (unpaired) electrons. The first-order chi connectivity index (χ1) is 20.0. The summed E-state index contributed by atoms with van der Waals surface area (Å²) in [5.41, 5.74) is 6.38. The van der Waals surface area contributed by atoms with Crippen LogP contribution < -0.4 is 0 Å². The lowest BCUT2D eigenvalue weighted by Crippen LogP contribution is -2.16. The number of aromatic nitrogens is 6. The lowest BCUT2D eigenvalue weighted by molar-refractivity contribution is -0.138. The third-order valence-electron chi connectivity index (χ3n) is 7.07. The van der Waals surface area contributed by atoms with E-state index in [1.54, 1.807) is 0 Å². The van der Waals surface area contributed by atoms with Crippen LogP contribution in [0.2, 0.25) is 0 Å². The van der Waals surface area contributed by atoms with Crippen molar-refractivity contribution in [1.82, 2.24) is 30.4 Å². The van der Waals surface area contributed by atoms with Crippen LogP contribution in [0.5, 0.6) is 0 Å². The normalized spacial score (nSPS) is 11.8. The van der Waals surface area contributed by atoms with Gasteiger partial charge in [0.15, 0.2) is 5.78 Å². The minimum atomic E-state index is -0.903. The van der Waals surface area contributed by atoms with Crippen molar-refractivity contribution in [3.8, 4) is 22.5 Å². The number of aromatic amines is 1. The Bertz CT molecular complexity index is 1590. The van der Waals surface area contributed by atoms with Gasteiger partial charge in [-0.1, -0.05) is 92.2 Å². The average Bonchev–Trinajstić information content (AvgIpc) is 3.65. The molecule has 0 aliphatic rings. The number of carboxylic acid groups (broad SMARTS) is 1. The fraction of sp³-hybridized carbons (Fsp3) is 0.250. The summed E-state index contributed by atoms with van der Waals surface area (Å²) in [5, 5.41) is 28.6. The second-order valence-corrected chi connectivity index (χ2v) is 10.2. The average molecular weight is 549 g/mol. The number of carboxylic acids is 1. The van der Waals surface area contributed by atoms with Crippen molar-refractivity contribution in [3.05, 3.63) is 107 Å². The molecule has 0 amide bonds. The van der Waals surface area contributed by atoms with E-state index in [9.17, 15) is 14.7 Å². The lowest BCUT2D eigenvalue weighted by Gasteiger charge is -2.13. The van der Waals surface area contributed by atoms with E-state index in [1.165, 1.54) is 0 Å². The van der Waals surface area contributed by atoms with Crippen LogP contribution in [-0.2, 0) is 24.2 Å². The van der Waals surface area contributed by atoms with Gasteiger partial charge in [-0.3, -0.25) is 14.3 Å². The van der Waals surface area contributed by atoms with Gasteiger partial charge in [-0.15, -0.1) is 10.2 Å². The fourth-order valence-corrected chi connectivity index (χ4v) is 5.13. The van der Waals surface area contributed by atoms with E-state index in [0.717, 1.165) is 46.4 Å². The number of ketones is 1. The second-order valence-electron chi connectivity index (χ2n) is 10.2. The van der Waals surface area contributed by atoms with Crippen LogP contribution in [0.1, 0.15) is 53.5 Å². The molecule has 0 fully saturated rings. The fourth-order valence-electron chi connectivity index (χ4n) is 5.13. The highest BCUT2D eigenvalue weighted by atomic mass is 16.4. The molecular weight excluding hydrogens is 516 g/mol. The highest BCUT2D eigenvalue weighted by Gasteiger charge is 2.22. The van der Waals surface area contributed by atoms with Gasteiger partial charge < -0.3 is 5.11 Å². The van der Waals surface area contributed by atoms with Crippen molar-refractivity contribution in [3.63, 3.8) is 0 Å². The van der Waals surface area contributed by atoms with Gasteiger partial charge in [-0.25, -0.2) is 0 Å². The number of H-pyrrole nitrogens is 1. The first kappa shape index (κ1) is 27.6. The summed E-state index contributed by atoms with van der Waals surface area (Å²) in [5.74, 6) is -0.793. The largest absolute Gasteiger partial charge is 0.481 e. The predicted molar refractivity (Wildman–Crippen MR) is 155 cm³/mol. The van der Waals surface area contributed by atoms with E-state index in [4.69, 9.17) is 0 Å². The summed E-state index contributed by atoms with van der Waals surface area (Å²) in [4.78, 5) is 24.8. The zero-order valence-corrected chi connectivity index (χ0v) is 22.9. The maximum Gasteiger partial charge on any atom is 0.303 e. The van der Waals surface area contributed by atoms with Crippen molar-refractivity contribution in [2.75, 3.05) is 0 Å². The molecule has 0 bridgehead atoms. The van der Waals surface area contributed by atoms with Crippen LogP contribution in [0.25, 0.3) is 22.5 Å². The molecule has 1 atom stereocenters. The van der Waals surface area contributed by atoms with Gasteiger partial charge in [0.25, 0.3) is 0 Å². The number of hydrogen-bond donors (Lipinski definition) is 2. The minimum Gasteiger partial charge on any atom is -0.481 e. The molecule has 2 heterocycles. The lowest BCUT2D eigenvalue weighted by atomic mass is 9.90. The number of aryl methyl sites for hydroxylation is 1. The van der Waals surface area contributed by atoms with Gasteiger partial charge in [-0.05, 0) is 52.3 Å². The van der Waals surface area contributed by atoms with Gasteiger partial charge in [0.2, 0.25) is 5.82 Å². The quantitative estimate of drug-likeness (QED) is 0.182. The molecule has 0 aliphatic heterocycles. The van der Waals surface area contributed by atoms with Crippen LogP contribution in [0.15, 0.2) is 84.9 Å². The Morgan fingerprint density at radius 3 is 2.32 bits per heavy atom. The second kappa shape index (κ2) is 13.0. The number of tetrazole rings is 1. The SMILES string of the molecule is CCCc1cc(C(=O)C[C@@H](CC(=O)O)Cc2ccccc2)nn1Cc1ccc(-c2ccccc2-c2nn[nH]n2)cc1. The number of nitrogens with one attached hydrogen (secondary N) is 1. The number of rotatable bonds is 13. The number of hydrogen-bond acceptors (Lipinski definition) is 6. The Balaban J connectivity index is 1.33. The highest BCUT2D eigenvalue weighted by Crippen LogP contribution is 2.30. The molecular formula is C32H32N6O3. The molecule has 0 unspecified atom stereocenters. The van der Waals surface area contributed by atoms with Gasteiger partial charge in [0.05, 0.1) is 6.54 Å². The van der Waals surface area contributed by atoms with Gasteiger partial charge in [-0.2, -0.15) is 10.3 Å². The molecule has 3 aromatic carbocycles. The molecule has 208 valence electrons. The molecule has 5 rings (SSSR count). The van der Waals surface area contributed by atoms with Crippen molar-refractivity contribution in [2.45, 2.75) is 45.6 Å². The first-order valence-corrected chi connectivity index (χ1v) is 13.8. The van der Waals surface area contributed by atoms with Crippen LogP contribution in [-0.4, -0.2) is 47.3 Å². The Morgan fingerprint density at radius 1 is 0.902 bits per heavy atom. The molecule has 5 aromatic rings. The Labute approximate surface area is 238 Å². The maximum absolute atomic E-state index is 13.3. The first-order valence-electron chi connectivity index (χ1n) is 13.8. The third kappa shape index (κ3) is 7.00. The smallest absolute Gasteiger partial charge is 0.303 e. The summed E-state index contributed by atoms with van der Waals surface area (Å²) < 4.78 is 1.89. The van der Waals surface area contributed by atoms with E-state index in [0.29, 0.717) is 24.5 Å². The third-order valence-corrected chi connectivity index (χ3v) is 7.07. The summed E-state index contributed by atoms with van der Waals surface area (Å²) >= 11 is 0. The molecule has 41 heavy (non-hydrogen) atoms. The molecule has 9 heteroatoms. The van der Waals surface area contributed by atoms with Gasteiger partial charge >= 0.3 is 5.97 Å². The minimum absolute atomic E-state index is 0.0641. The Hall–Kier alpha value is -4.92. The monoisotopic (exact) mass is 548 g/mol.